The van der Waals surface area contributed by atoms with Gasteiger partial charge in [-0.1, -0.05) is 321 Å². The second kappa shape index (κ2) is 20.4. The lowest BCUT2D eigenvalue weighted by atomic mass is 9.83. The molecule has 0 aromatic heterocycles. The van der Waals surface area contributed by atoms with E-state index in [-0.39, 0.29) is 0 Å². The molecular weight excluding hydrogens is 1090 g/mol. The molecule has 0 bridgehead atoms. The standard InChI is InChI=1S/C80H52P2S2/c83-81(58-23-5-1-6-24-58,59-25-7-2-8-26-59)62-46-42-53(43-47-62)76-64-31-14-13-22-55(64)51-75-69-35-18-19-36-70(69)78-65(38-21-39-72(78)80(75)76)56-40-41-57-52-74-68-34-16-15-32-66(68)67-33-17-20-37-71(67)79(74)77(73(57)50-56)54-44-48-63(49-45-54)82(84,60-27-9-3-10-28-60)61-29-11-4-12-30-61/h1-52H. The fourth-order valence-electron chi connectivity index (χ4n) is 13.7. The van der Waals surface area contributed by atoms with Gasteiger partial charge in [-0.3, -0.25) is 0 Å². The van der Waals surface area contributed by atoms with Crippen molar-refractivity contribution in [3.63, 3.8) is 0 Å². The largest absolute Gasteiger partial charge is 0.0826 e. The highest BCUT2D eigenvalue weighted by Crippen LogP contribution is 2.51. The molecule has 0 heterocycles. The van der Waals surface area contributed by atoms with Crippen molar-refractivity contribution in [3.05, 3.63) is 315 Å². The summed E-state index contributed by atoms with van der Waals surface area (Å²) in [6, 6.07) is 112. The van der Waals surface area contributed by atoms with E-state index in [2.05, 4.69) is 315 Å². The fraction of sp³-hybridized carbons (Fsp3) is 0. The number of benzene rings is 16. The SMILES string of the molecule is S=P(c1ccccc1)(c1ccccc1)c1ccc(-c2c3cc(-c4cccc5c4c4ccccc4c4cc6ccccc6c(-c6ccc(P(=S)(c7ccccc7)c7ccccc7)cc6)c45)ccc3cc3c4ccccc4c4ccccc4c23)cc1. The molecule has 0 unspecified atom stereocenters. The first kappa shape index (κ1) is 50.6. The smallest absolute Gasteiger partial charge is 0.0379 e. The van der Waals surface area contributed by atoms with Gasteiger partial charge in [0.05, 0.1) is 0 Å². The van der Waals surface area contributed by atoms with E-state index >= 15 is 0 Å². The van der Waals surface area contributed by atoms with E-state index in [9.17, 15) is 0 Å². The van der Waals surface area contributed by atoms with E-state index in [1.54, 1.807) is 0 Å². The minimum atomic E-state index is -2.40. The minimum absolute atomic E-state index is 1.16. The number of hydrogen-bond donors (Lipinski definition) is 0. The number of fused-ring (bicyclic) bond motifs is 14. The zero-order chi connectivity index (χ0) is 55.9. The first-order valence-corrected chi connectivity index (χ1v) is 34.3. The number of hydrogen-bond acceptors (Lipinski definition) is 2. The summed E-state index contributed by atoms with van der Waals surface area (Å²) in [7, 11) is 0. The first-order chi connectivity index (χ1) is 41.4. The normalized spacial score (nSPS) is 12.1. The highest BCUT2D eigenvalue weighted by molar-refractivity contribution is 8.26. The van der Waals surface area contributed by atoms with Crippen LogP contribution < -0.4 is 31.8 Å². The van der Waals surface area contributed by atoms with Crippen LogP contribution in [-0.2, 0) is 23.6 Å². The summed E-state index contributed by atoms with van der Waals surface area (Å²) in [4.78, 5) is 0. The molecule has 16 aromatic rings. The molecule has 4 heteroatoms. The van der Waals surface area contributed by atoms with E-state index in [4.69, 9.17) is 23.6 Å². The van der Waals surface area contributed by atoms with Crippen LogP contribution in [0.2, 0.25) is 0 Å². The van der Waals surface area contributed by atoms with E-state index < -0.39 is 12.1 Å². The van der Waals surface area contributed by atoms with Gasteiger partial charge in [0.15, 0.2) is 0 Å². The Morgan fingerprint density at radius 3 is 1.00 bits per heavy atom. The summed E-state index contributed by atoms with van der Waals surface area (Å²) in [6.07, 6.45) is 0. The fourth-order valence-corrected chi connectivity index (χ4v) is 21.2. The van der Waals surface area contributed by atoms with Crippen molar-refractivity contribution in [1.82, 2.24) is 0 Å². The highest BCUT2D eigenvalue weighted by atomic mass is 32.4. The molecule has 0 fully saturated rings. The van der Waals surface area contributed by atoms with Crippen molar-refractivity contribution < 1.29 is 0 Å². The summed E-state index contributed by atoms with van der Waals surface area (Å²) in [5.74, 6) is 0. The van der Waals surface area contributed by atoms with Gasteiger partial charge in [-0.15, -0.1) is 0 Å². The van der Waals surface area contributed by atoms with Crippen LogP contribution in [0.15, 0.2) is 315 Å². The molecule has 16 rings (SSSR count). The van der Waals surface area contributed by atoms with Crippen molar-refractivity contribution in [3.8, 4) is 33.4 Å². The van der Waals surface area contributed by atoms with Gasteiger partial charge in [0.2, 0.25) is 0 Å². The third-order valence-corrected chi connectivity index (χ3v) is 27.5. The molecular formula is C80H52P2S2. The van der Waals surface area contributed by atoms with Crippen molar-refractivity contribution >= 4 is 154 Å². The maximum absolute atomic E-state index is 6.92. The zero-order valence-corrected chi connectivity index (χ0v) is 49.2. The predicted molar refractivity (Wildman–Crippen MR) is 375 cm³/mol. The van der Waals surface area contributed by atoms with Crippen molar-refractivity contribution in [2.24, 2.45) is 0 Å². The average Bonchev–Trinajstić information content (AvgIpc) is 2.80. The van der Waals surface area contributed by atoms with Crippen LogP contribution in [0, 0.1) is 0 Å². The van der Waals surface area contributed by atoms with Gasteiger partial charge in [0, 0.05) is 12.1 Å². The lowest BCUT2D eigenvalue weighted by Gasteiger charge is -2.25. The third kappa shape index (κ3) is 7.94. The zero-order valence-electron chi connectivity index (χ0n) is 45.7. The highest BCUT2D eigenvalue weighted by Gasteiger charge is 2.28. The van der Waals surface area contributed by atoms with E-state index in [0.717, 1.165) is 5.56 Å². The second-order valence-corrected chi connectivity index (χ2v) is 30.8. The van der Waals surface area contributed by atoms with E-state index in [1.807, 2.05) is 0 Å². The molecule has 0 amide bonds. The van der Waals surface area contributed by atoms with Gasteiger partial charge in [-0.25, -0.2) is 0 Å². The molecule has 0 spiro atoms. The molecule has 0 radical (unpaired) electrons. The van der Waals surface area contributed by atoms with E-state index in [1.165, 1.54) is 146 Å². The summed E-state index contributed by atoms with van der Waals surface area (Å²) < 4.78 is 0. The average molecular weight is 1140 g/mol. The Hall–Kier alpha value is -9.10. The summed E-state index contributed by atoms with van der Waals surface area (Å²) in [5, 5.41) is 26.9. The lowest BCUT2D eigenvalue weighted by Crippen LogP contribution is -2.24. The summed E-state index contributed by atoms with van der Waals surface area (Å²) in [6.45, 7) is 0. The van der Waals surface area contributed by atoms with Gasteiger partial charge in [-0.05, 0) is 170 Å². The second-order valence-electron chi connectivity index (χ2n) is 22.0. The van der Waals surface area contributed by atoms with Gasteiger partial charge in [0.1, 0.15) is 0 Å². The molecule has 0 aliphatic heterocycles. The summed E-state index contributed by atoms with van der Waals surface area (Å²) >= 11 is 13.8. The molecule has 0 N–H and O–H groups in total. The molecule has 0 atom stereocenters. The lowest BCUT2D eigenvalue weighted by molar-refractivity contribution is 1.68. The number of rotatable bonds is 9. The van der Waals surface area contributed by atoms with Crippen molar-refractivity contribution in [2.45, 2.75) is 0 Å². The molecule has 0 aliphatic rings. The quantitative estimate of drug-likeness (QED) is 0.0803. The molecule has 394 valence electrons. The molecule has 0 nitrogen and oxygen atoms in total. The topological polar surface area (TPSA) is 0 Å². The van der Waals surface area contributed by atoms with Crippen LogP contribution in [0.1, 0.15) is 0 Å². The van der Waals surface area contributed by atoms with Crippen LogP contribution in [0.5, 0.6) is 0 Å². The molecule has 0 saturated carbocycles. The minimum Gasteiger partial charge on any atom is -0.0826 e. The van der Waals surface area contributed by atoms with Crippen LogP contribution in [0.3, 0.4) is 0 Å². The van der Waals surface area contributed by atoms with Crippen LogP contribution in [-0.4, -0.2) is 0 Å². The molecule has 84 heavy (non-hydrogen) atoms. The molecule has 0 saturated heterocycles. The predicted octanol–water partition coefficient (Wildman–Crippen LogP) is 19.4. The Morgan fingerprint density at radius 2 is 0.512 bits per heavy atom. The Kier molecular flexibility index (Phi) is 12.3. The van der Waals surface area contributed by atoms with Gasteiger partial charge >= 0.3 is 0 Å². The maximum Gasteiger partial charge on any atom is 0.0379 e. The monoisotopic (exact) mass is 1140 g/mol. The van der Waals surface area contributed by atoms with Crippen molar-refractivity contribution in [2.75, 3.05) is 0 Å². The summed E-state index contributed by atoms with van der Waals surface area (Å²) in [5.41, 5.74) is 7.15. The van der Waals surface area contributed by atoms with Crippen LogP contribution in [0.25, 0.3) is 120 Å². The Morgan fingerprint density at radius 1 is 0.190 bits per heavy atom. The van der Waals surface area contributed by atoms with Crippen molar-refractivity contribution in [1.29, 1.82) is 0 Å². The molecule has 0 aliphatic carbocycles. The first-order valence-electron chi connectivity index (χ1n) is 28.7. The van der Waals surface area contributed by atoms with Crippen LogP contribution in [0.4, 0.5) is 0 Å². The van der Waals surface area contributed by atoms with Gasteiger partial charge in [0.25, 0.3) is 0 Å². The molecule has 16 aromatic carbocycles. The Balaban J connectivity index is 0.950. The Labute approximate surface area is 499 Å². The maximum atomic E-state index is 6.92. The Bertz CT molecular complexity index is 5310. The van der Waals surface area contributed by atoms with E-state index in [0.29, 0.717) is 0 Å². The van der Waals surface area contributed by atoms with Crippen LogP contribution >= 0.6 is 12.1 Å². The van der Waals surface area contributed by atoms with Gasteiger partial charge in [-0.2, -0.15) is 0 Å². The van der Waals surface area contributed by atoms with Gasteiger partial charge < -0.3 is 0 Å². The third-order valence-electron chi connectivity index (χ3n) is 17.5.